The van der Waals surface area contributed by atoms with Crippen molar-refractivity contribution in [2.24, 2.45) is 0 Å². The van der Waals surface area contributed by atoms with Crippen molar-refractivity contribution >= 4 is 0 Å². The number of nitrogens with one attached hydrogen (secondary N) is 1. The summed E-state index contributed by atoms with van der Waals surface area (Å²) in [5.74, 6) is -4.50. The Bertz CT molecular complexity index is 1120. The van der Waals surface area contributed by atoms with Crippen LogP contribution in [0.5, 0.6) is 11.5 Å². The highest BCUT2D eigenvalue weighted by molar-refractivity contribution is 5.40. The maximum Gasteiger partial charge on any atom is 0.458 e. The number of hydrogen-bond donors (Lipinski definition) is 2. The van der Waals surface area contributed by atoms with Gasteiger partial charge in [0.05, 0.1) is 6.04 Å². The van der Waals surface area contributed by atoms with E-state index < -0.39 is 42.5 Å². The molecule has 2 atom stereocenters. The molecule has 0 saturated carbocycles. The summed E-state index contributed by atoms with van der Waals surface area (Å²) in [5, 5.41) is 11.8. The molecule has 188 valence electrons. The Kier molecular flexibility index (Phi) is 7.71. The molecule has 0 aliphatic rings. The van der Waals surface area contributed by atoms with Crippen LogP contribution in [0.2, 0.25) is 0 Å². The molecule has 0 spiro atoms. The van der Waals surface area contributed by atoms with Crippen LogP contribution < -0.4 is 10.1 Å². The van der Waals surface area contributed by atoms with E-state index in [0.717, 1.165) is 6.07 Å². The van der Waals surface area contributed by atoms with E-state index in [9.17, 15) is 40.2 Å². The minimum absolute atomic E-state index is 0.169. The van der Waals surface area contributed by atoms with Gasteiger partial charge in [-0.25, -0.2) is 0 Å². The Morgan fingerprint density at radius 2 is 1.29 bits per heavy atom. The zero-order valence-corrected chi connectivity index (χ0v) is 17.7. The molecule has 11 heteroatoms. The van der Waals surface area contributed by atoms with Gasteiger partial charge in [-0.3, -0.25) is 0 Å². The number of alkyl halides is 8. The fraction of sp³-hybridized carbons (Fsp3) is 0.250. The van der Waals surface area contributed by atoms with Crippen LogP contribution in [0.4, 0.5) is 35.1 Å². The Morgan fingerprint density at radius 3 is 1.89 bits per heavy atom. The quantitative estimate of drug-likeness (QED) is 0.334. The molecular formula is C24H19F8NO2. The number of hydrogen-bond acceptors (Lipinski definition) is 3. The van der Waals surface area contributed by atoms with E-state index in [4.69, 9.17) is 4.74 Å². The molecule has 0 radical (unpaired) electrons. The third-order valence-corrected chi connectivity index (χ3v) is 5.00. The summed E-state index contributed by atoms with van der Waals surface area (Å²) in [7, 11) is 0. The normalized spacial score (nSPS) is 14.4. The van der Waals surface area contributed by atoms with Gasteiger partial charge in [-0.1, -0.05) is 48.5 Å². The van der Waals surface area contributed by atoms with Crippen molar-refractivity contribution in [1.82, 2.24) is 5.32 Å². The van der Waals surface area contributed by atoms with E-state index in [1.54, 1.807) is 30.3 Å². The molecule has 3 aromatic rings. The predicted octanol–water partition coefficient (Wildman–Crippen LogP) is 6.74. The van der Waals surface area contributed by atoms with Crippen molar-refractivity contribution in [1.29, 1.82) is 0 Å². The average Bonchev–Trinajstić information content (AvgIpc) is 2.79. The van der Waals surface area contributed by atoms with Gasteiger partial charge >= 0.3 is 18.3 Å². The molecule has 0 bridgehead atoms. The molecule has 0 saturated heterocycles. The third kappa shape index (κ3) is 6.49. The molecule has 35 heavy (non-hydrogen) atoms. The summed E-state index contributed by atoms with van der Waals surface area (Å²) < 4.78 is 111. The van der Waals surface area contributed by atoms with E-state index in [-0.39, 0.29) is 16.9 Å². The van der Waals surface area contributed by atoms with Gasteiger partial charge in [0.25, 0.3) is 0 Å². The van der Waals surface area contributed by atoms with Crippen LogP contribution in [0.1, 0.15) is 22.7 Å². The lowest BCUT2D eigenvalue weighted by molar-refractivity contribution is -0.289. The molecular weight excluding hydrogens is 486 g/mol. The first-order valence-electron chi connectivity index (χ1n) is 10.1. The summed E-state index contributed by atoms with van der Waals surface area (Å²) in [6, 6.07) is 16.3. The maximum absolute atomic E-state index is 13.9. The van der Waals surface area contributed by atoms with Crippen molar-refractivity contribution in [2.45, 2.75) is 30.4 Å². The van der Waals surface area contributed by atoms with Crippen LogP contribution in [0.25, 0.3) is 0 Å². The Morgan fingerprint density at radius 1 is 0.714 bits per heavy atom. The van der Waals surface area contributed by atoms with Gasteiger partial charge in [0.2, 0.25) is 0 Å². The van der Waals surface area contributed by atoms with Crippen molar-refractivity contribution in [3.63, 3.8) is 0 Å². The van der Waals surface area contributed by atoms with Gasteiger partial charge in [0.1, 0.15) is 11.5 Å². The van der Waals surface area contributed by atoms with Crippen molar-refractivity contribution in [3.8, 4) is 11.5 Å². The molecule has 3 nitrogen and oxygen atoms in total. The second-order valence-electron chi connectivity index (χ2n) is 7.58. The number of aliphatic hydroxyl groups excluding tert-OH is 1. The number of rotatable bonds is 8. The third-order valence-electron chi connectivity index (χ3n) is 5.00. The molecule has 0 aliphatic carbocycles. The first-order valence-corrected chi connectivity index (χ1v) is 10.1. The Labute approximate surface area is 195 Å². The van der Waals surface area contributed by atoms with E-state index >= 15 is 0 Å². The molecule has 3 aromatic carbocycles. The molecule has 0 heterocycles. The van der Waals surface area contributed by atoms with Crippen LogP contribution in [0.3, 0.4) is 0 Å². The number of halogens is 8. The minimum atomic E-state index is -5.87. The highest BCUT2D eigenvalue weighted by atomic mass is 19.4. The summed E-state index contributed by atoms with van der Waals surface area (Å²) in [4.78, 5) is 0. The standard InChI is InChI=1S/C24H19F8NO2/c25-22(26,24(30,31)32)17-8-4-6-15(12-17)21(33-14-20(34)23(27,28)29)16-7-5-11-19(13-16)35-18-9-2-1-3-10-18/h1-13,20-21,33-34H,14H2/t20-,21?/m1/s1. The first kappa shape index (κ1) is 26.4. The second kappa shape index (κ2) is 10.2. The lowest BCUT2D eigenvalue weighted by Crippen LogP contribution is -2.40. The fourth-order valence-electron chi connectivity index (χ4n) is 3.23. The van der Waals surface area contributed by atoms with Crippen molar-refractivity contribution in [3.05, 3.63) is 95.6 Å². The lowest BCUT2D eigenvalue weighted by atomic mass is 9.95. The summed E-state index contributed by atoms with van der Waals surface area (Å²) in [5.41, 5.74) is -1.33. The number of ether oxygens (including phenoxy) is 1. The van der Waals surface area contributed by atoms with Crippen LogP contribution in [-0.4, -0.2) is 30.1 Å². The molecule has 3 rings (SSSR count). The molecule has 0 fully saturated rings. The first-order chi connectivity index (χ1) is 16.3. The second-order valence-corrected chi connectivity index (χ2v) is 7.58. The van der Waals surface area contributed by atoms with Crippen molar-refractivity contribution in [2.75, 3.05) is 6.54 Å². The largest absolute Gasteiger partial charge is 0.458 e. The zero-order valence-electron chi connectivity index (χ0n) is 17.7. The smallest absolute Gasteiger partial charge is 0.457 e. The van der Waals surface area contributed by atoms with E-state index in [1.807, 2.05) is 0 Å². The summed E-state index contributed by atoms with van der Waals surface area (Å²) >= 11 is 0. The zero-order chi connectivity index (χ0) is 25.9. The van der Waals surface area contributed by atoms with Crippen LogP contribution >= 0.6 is 0 Å². The minimum Gasteiger partial charge on any atom is -0.457 e. The van der Waals surface area contributed by atoms with Gasteiger partial charge in [-0.2, -0.15) is 35.1 Å². The monoisotopic (exact) mass is 505 g/mol. The summed E-state index contributed by atoms with van der Waals surface area (Å²) in [6.07, 6.45) is -13.6. The lowest BCUT2D eigenvalue weighted by Gasteiger charge is -2.25. The van der Waals surface area contributed by atoms with Crippen LogP contribution in [0.15, 0.2) is 78.9 Å². The Balaban J connectivity index is 2.00. The molecule has 0 amide bonds. The van der Waals surface area contributed by atoms with Gasteiger partial charge in [-0.15, -0.1) is 0 Å². The van der Waals surface area contributed by atoms with Crippen LogP contribution in [0, 0.1) is 0 Å². The SMILES string of the molecule is O[C@H](CNC(c1cccc(Oc2ccccc2)c1)c1cccc(C(F)(F)C(F)(F)F)c1)C(F)(F)F. The van der Waals surface area contributed by atoms with Gasteiger partial charge in [0.15, 0.2) is 6.10 Å². The van der Waals surface area contributed by atoms with E-state index in [1.165, 1.54) is 30.3 Å². The molecule has 0 aliphatic heterocycles. The van der Waals surface area contributed by atoms with E-state index in [0.29, 0.717) is 17.9 Å². The maximum atomic E-state index is 13.9. The van der Waals surface area contributed by atoms with Gasteiger partial charge in [0, 0.05) is 12.1 Å². The predicted molar refractivity (Wildman–Crippen MR) is 111 cm³/mol. The van der Waals surface area contributed by atoms with E-state index in [2.05, 4.69) is 5.32 Å². The number of para-hydroxylation sites is 1. The molecule has 1 unspecified atom stereocenters. The highest BCUT2D eigenvalue weighted by Gasteiger charge is 2.58. The molecule has 0 aromatic heterocycles. The number of aliphatic hydroxyl groups is 1. The fourth-order valence-corrected chi connectivity index (χ4v) is 3.23. The van der Waals surface area contributed by atoms with Gasteiger partial charge < -0.3 is 15.2 Å². The average molecular weight is 505 g/mol. The molecule has 2 N–H and O–H groups in total. The number of benzene rings is 3. The van der Waals surface area contributed by atoms with Gasteiger partial charge in [-0.05, 0) is 41.5 Å². The summed E-state index contributed by atoms with van der Waals surface area (Å²) in [6.45, 7) is -1.04. The highest BCUT2D eigenvalue weighted by Crippen LogP contribution is 2.44. The topological polar surface area (TPSA) is 41.5 Å². The van der Waals surface area contributed by atoms with Crippen LogP contribution in [-0.2, 0) is 5.92 Å². The Hall–Kier alpha value is -3.18. The van der Waals surface area contributed by atoms with Crippen molar-refractivity contribution < 1.29 is 45.0 Å².